The molecule has 2 aliphatic heterocycles. The SMILES string of the molecule is c1ccc(N(c2ccccc2)c2cc(N3c4ccccc4N(c4ccccc4)c4ccccc43)cc(N3c4ccccc4N(c4ccccc4)c4ccccc43)c2)cc1. The van der Waals surface area contributed by atoms with Crippen LogP contribution in [0.2, 0.25) is 0 Å². The molecule has 59 heavy (non-hydrogen) atoms. The summed E-state index contributed by atoms with van der Waals surface area (Å²) in [6.45, 7) is 0. The molecule has 0 fully saturated rings. The summed E-state index contributed by atoms with van der Waals surface area (Å²) in [5.41, 5.74) is 16.3. The highest BCUT2D eigenvalue weighted by Gasteiger charge is 2.34. The average molecular weight is 758 g/mol. The lowest BCUT2D eigenvalue weighted by Crippen LogP contribution is -2.25. The smallest absolute Gasteiger partial charge is 0.0703 e. The molecule has 280 valence electrons. The molecule has 11 rings (SSSR count). The summed E-state index contributed by atoms with van der Waals surface area (Å²) in [7, 11) is 0. The quantitative estimate of drug-likeness (QED) is 0.160. The normalized spacial score (nSPS) is 12.6. The highest BCUT2D eigenvalue weighted by atomic mass is 15.3. The molecular formula is C54H39N5. The van der Waals surface area contributed by atoms with Crippen LogP contribution in [-0.4, -0.2) is 0 Å². The molecule has 0 aromatic heterocycles. The van der Waals surface area contributed by atoms with Crippen molar-refractivity contribution in [1.82, 2.24) is 0 Å². The Balaban J connectivity index is 1.19. The maximum atomic E-state index is 2.43. The molecule has 0 spiro atoms. The van der Waals surface area contributed by atoms with Gasteiger partial charge in [0.05, 0.1) is 62.6 Å². The van der Waals surface area contributed by atoms with Crippen molar-refractivity contribution >= 4 is 85.3 Å². The Hall–Kier alpha value is -8.02. The fraction of sp³-hybridized carbons (Fsp3) is 0. The van der Waals surface area contributed by atoms with Crippen molar-refractivity contribution in [2.45, 2.75) is 0 Å². The van der Waals surface area contributed by atoms with Gasteiger partial charge in [0.15, 0.2) is 0 Å². The van der Waals surface area contributed by atoms with E-state index in [1.54, 1.807) is 0 Å². The average Bonchev–Trinajstić information content (AvgIpc) is 3.31. The van der Waals surface area contributed by atoms with Crippen LogP contribution in [0.3, 0.4) is 0 Å². The van der Waals surface area contributed by atoms with E-state index in [0.717, 1.165) is 85.3 Å². The summed E-state index contributed by atoms with van der Waals surface area (Å²) in [6, 6.07) is 84.7. The van der Waals surface area contributed by atoms with Gasteiger partial charge in [-0.25, -0.2) is 0 Å². The van der Waals surface area contributed by atoms with Gasteiger partial charge in [-0.15, -0.1) is 0 Å². The van der Waals surface area contributed by atoms with Crippen LogP contribution in [0.15, 0.2) is 237 Å². The summed E-state index contributed by atoms with van der Waals surface area (Å²) in [5, 5.41) is 0. The van der Waals surface area contributed by atoms with Crippen LogP contribution in [0.4, 0.5) is 85.3 Å². The molecule has 0 amide bonds. The third-order valence-electron chi connectivity index (χ3n) is 11.2. The van der Waals surface area contributed by atoms with Crippen LogP contribution >= 0.6 is 0 Å². The van der Waals surface area contributed by atoms with E-state index in [9.17, 15) is 0 Å². The van der Waals surface area contributed by atoms with E-state index < -0.39 is 0 Å². The van der Waals surface area contributed by atoms with Gasteiger partial charge in [-0.05, 0) is 115 Å². The first-order valence-electron chi connectivity index (χ1n) is 20.0. The number of hydrogen-bond acceptors (Lipinski definition) is 5. The Labute approximate surface area is 345 Å². The summed E-state index contributed by atoms with van der Waals surface area (Å²) in [4.78, 5) is 12.0. The molecule has 9 aromatic rings. The highest BCUT2D eigenvalue weighted by molar-refractivity contribution is 6.05. The Bertz CT molecular complexity index is 2630. The van der Waals surface area contributed by atoms with Gasteiger partial charge in [-0.3, -0.25) is 0 Å². The minimum atomic E-state index is 1.04. The van der Waals surface area contributed by atoms with Crippen molar-refractivity contribution in [3.05, 3.63) is 237 Å². The van der Waals surface area contributed by atoms with Crippen LogP contribution in [0.5, 0.6) is 0 Å². The first-order valence-corrected chi connectivity index (χ1v) is 20.0. The maximum Gasteiger partial charge on any atom is 0.0703 e. The molecule has 0 atom stereocenters. The summed E-state index contributed by atoms with van der Waals surface area (Å²) in [6.07, 6.45) is 0. The van der Waals surface area contributed by atoms with Crippen molar-refractivity contribution in [2.24, 2.45) is 0 Å². The summed E-state index contributed by atoms with van der Waals surface area (Å²) >= 11 is 0. The molecule has 0 aliphatic carbocycles. The van der Waals surface area contributed by atoms with Crippen molar-refractivity contribution in [3.8, 4) is 0 Å². The lowest BCUT2D eigenvalue weighted by Gasteiger charge is -2.42. The van der Waals surface area contributed by atoms with Gasteiger partial charge in [0.1, 0.15) is 0 Å². The van der Waals surface area contributed by atoms with Crippen LogP contribution in [0, 0.1) is 0 Å². The highest BCUT2D eigenvalue weighted by Crippen LogP contribution is 2.58. The largest absolute Gasteiger partial charge is 0.310 e. The van der Waals surface area contributed by atoms with Crippen LogP contribution < -0.4 is 24.5 Å². The third-order valence-corrected chi connectivity index (χ3v) is 11.2. The molecule has 0 saturated carbocycles. The van der Waals surface area contributed by atoms with Gasteiger partial charge in [-0.1, -0.05) is 121 Å². The van der Waals surface area contributed by atoms with Gasteiger partial charge < -0.3 is 24.5 Å². The van der Waals surface area contributed by atoms with Gasteiger partial charge in [-0.2, -0.15) is 0 Å². The predicted molar refractivity (Wildman–Crippen MR) is 247 cm³/mol. The number of fused-ring (bicyclic) bond motifs is 4. The van der Waals surface area contributed by atoms with Crippen molar-refractivity contribution in [2.75, 3.05) is 24.5 Å². The first kappa shape index (κ1) is 34.2. The van der Waals surface area contributed by atoms with E-state index >= 15 is 0 Å². The third kappa shape index (κ3) is 5.87. The zero-order chi connectivity index (χ0) is 39.1. The zero-order valence-electron chi connectivity index (χ0n) is 32.3. The number of rotatable bonds is 7. The van der Waals surface area contributed by atoms with E-state index in [1.165, 1.54) is 0 Å². The fourth-order valence-corrected chi connectivity index (χ4v) is 8.72. The molecule has 5 heteroatoms. The van der Waals surface area contributed by atoms with Gasteiger partial charge >= 0.3 is 0 Å². The number of anilines is 15. The Morgan fingerprint density at radius 3 is 0.729 bits per heavy atom. The number of benzene rings is 9. The first-order chi connectivity index (χ1) is 29.3. The minimum Gasteiger partial charge on any atom is -0.310 e. The molecule has 2 aliphatic rings. The van der Waals surface area contributed by atoms with Crippen molar-refractivity contribution in [1.29, 1.82) is 0 Å². The van der Waals surface area contributed by atoms with Crippen molar-refractivity contribution in [3.63, 3.8) is 0 Å². The lowest BCUT2D eigenvalue weighted by atomic mass is 10.0. The van der Waals surface area contributed by atoms with E-state index in [0.29, 0.717) is 0 Å². The van der Waals surface area contributed by atoms with E-state index in [2.05, 4.69) is 261 Å². The second kappa shape index (κ2) is 14.5. The Kier molecular flexibility index (Phi) is 8.41. The lowest BCUT2D eigenvalue weighted by molar-refractivity contribution is 1.15. The molecule has 5 nitrogen and oxygen atoms in total. The van der Waals surface area contributed by atoms with Gasteiger partial charge in [0.2, 0.25) is 0 Å². The monoisotopic (exact) mass is 757 g/mol. The van der Waals surface area contributed by atoms with E-state index in [-0.39, 0.29) is 0 Å². The molecule has 0 unspecified atom stereocenters. The number of hydrogen-bond donors (Lipinski definition) is 0. The fourth-order valence-electron chi connectivity index (χ4n) is 8.72. The molecule has 0 saturated heterocycles. The molecule has 0 bridgehead atoms. The number of nitrogens with zero attached hydrogens (tertiary/aromatic N) is 5. The van der Waals surface area contributed by atoms with Crippen LogP contribution in [0.1, 0.15) is 0 Å². The molecule has 0 N–H and O–H groups in total. The number of para-hydroxylation sites is 12. The standard InChI is InChI=1S/C54H39N5/c1-5-21-40(22-6-1)55(41-23-7-2-8-24-41)44-37-45(58-51-33-17-13-29-47(51)56(42-25-9-3-10-26-42)48-30-14-18-34-52(48)58)39-46(38-44)59-53-35-19-15-31-49(53)57(43-27-11-4-12-28-43)50-32-16-20-36-54(50)59/h1-39H. The molecule has 2 heterocycles. The molecular weight excluding hydrogens is 719 g/mol. The Morgan fingerprint density at radius 1 is 0.203 bits per heavy atom. The van der Waals surface area contributed by atoms with Crippen molar-refractivity contribution < 1.29 is 0 Å². The van der Waals surface area contributed by atoms with Crippen LogP contribution in [0.25, 0.3) is 0 Å². The molecule has 9 aromatic carbocycles. The minimum absolute atomic E-state index is 1.04. The second-order valence-corrected chi connectivity index (χ2v) is 14.7. The second-order valence-electron chi connectivity index (χ2n) is 14.7. The zero-order valence-corrected chi connectivity index (χ0v) is 32.3. The van der Waals surface area contributed by atoms with E-state index in [4.69, 9.17) is 0 Å². The maximum absolute atomic E-state index is 2.43. The van der Waals surface area contributed by atoms with Gasteiger partial charge in [0, 0.05) is 22.7 Å². The summed E-state index contributed by atoms with van der Waals surface area (Å²) in [5.74, 6) is 0. The van der Waals surface area contributed by atoms with Crippen LogP contribution in [-0.2, 0) is 0 Å². The summed E-state index contributed by atoms with van der Waals surface area (Å²) < 4.78 is 0. The Morgan fingerprint density at radius 2 is 0.441 bits per heavy atom. The topological polar surface area (TPSA) is 16.2 Å². The van der Waals surface area contributed by atoms with Gasteiger partial charge in [0.25, 0.3) is 0 Å². The van der Waals surface area contributed by atoms with E-state index in [1.807, 2.05) is 0 Å². The molecule has 0 radical (unpaired) electrons. The predicted octanol–water partition coefficient (Wildman–Crippen LogP) is 15.7.